The average Bonchev–Trinajstić information content (AvgIpc) is 3.04. The number of fused-ring (bicyclic) bond motifs is 1. The molecule has 29 heavy (non-hydrogen) atoms. The van der Waals surface area contributed by atoms with Crippen molar-refractivity contribution in [2.75, 3.05) is 13.1 Å². The molecule has 0 unspecified atom stereocenters. The Balaban J connectivity index is 1.54. The number of pyridine rings is 1. The van der Waals surface area contributed by atoms with E-state index in [4.69, 9.17) is 4.74 Å². The van der Waals surface area contributed by atoms with Gasteiger partial charge in [-0.05, 0) is 50.6 Å². The zero-order valence-corrected chi connectivity index (χ0v) is 17.4. The van der Waals surface area contributed by atoms with Gasteiger partial charge in [-0.15, -0.1) is 0 Å². The van der Waals surface area contributed by atoms with Crippen LogP contribution in [0.25, 0.3) is 11.0 Å². The summed E-state index contributed by atoms with van der Waals surface area (Å²) in [6.07, 6.45) is 2.90. The topological polar surface area (TPSA) is 81.5 Å². The molecule has 3 aromatic rings. The second-order valence-corrected chi connectivity index (χ2v) is 10.0. The molecule has 0 spiro atoms. The van der Waals surface area contributed by atoms with Gasteiger partial charge in [-0.1, -0.05) is 18.2 Å². The second-order valence-electron chi connectivity index (χ2n) is 8.19. The molecule has 0 aliphatic carbocycles. The third-order valence-corrected chi connectivity index (χ3v) is 6.50. The van der Waals surface area contributed by atoms with Crippen molar-refractivity contribution in [3.8, 4) is 0 Å². The third kappa shape index (κ3) is 3.72. The van der Waals surface area contributed by atoms with E-state index in [1.165, 1.54) is 10.2 Å². The first-order chi connectivity index (χ1) is 13.6. The number of hydrogen-bond acceptors (Lipinski definition) is 5. The van der Waals surface area contributed by atoms with E-state index in [1.807, 2.05) is 26.8 Å². The smallest absolute Gasteiger partial charge is 0.410 e. The van der Waals surface area contributed by atoms with Gasteiger partial charge in [-0.3, -0.25) is 0 Å². The summed E-state index contributed by atoms with van der Waals surface area (Å²) in [5.74, 6) is 0.161. The van der Waals surface area contributed by atoms with E-state index in [-0.39, 0.29) is 16.9 Å². The maximum absolute atomic E-state index is 12.9. The fourth-order valence-electron chi connectivity index (χ4n) is 3.31. The van der Waals surface area contributed by atoms with Gasteiger partial charge in [0.05, 0.1) is 4.90 Å². The van der Waals surface area contributed by atoms with Crippen molar-refractivity contribution >= 4 is 27.1 Å². The van der Waals surface area contributed by atoms with E-state index < -0.39 is 15.6 Å². The maximum Gasteiger partial charge on any atom is 0.410 e. The molecule has 1 saturated heterocycles. The van der Waals surface area contributed by atoms with Crippen molar-refractivity contribution in [2.45, 2.75) is 37.2 Å². The minimum absolute atomic E-state index is 0.161. The first-order valence-corrected chi connectivity index (χ1v) is 10.8. The summed E-state index contributed by atoms with van der Waals surface area (Å²) >= 11 is 0. The van der Waals surface area contributed by atoms with Crippen LogP contribution in [0.1, 0.15) is 32.3 Å². The van der Waals surface area contributed by atoms with Crippen molar-refractivity contribution in [1.29, 1.82) is 0 Å². The summed E-state index contributed by atoms with van der Waals surface area (Å²) in [7, 11) is -3.70. The normalized spacial score (nSPS) is 15.3. The molecule has 2 aromatic heterocycles. The number of hydrogen-bond donors (Lipinski definition) is 0. The lowest BCUT2D eigenvalue weighted by molar-refractivity contribution is 0.00818. The minimum atomic E-state index is -3.70. The number of rotatable bonds is 3. The Bertz CT molecular complexity index is 1160. The quantitative estimate of drug-likeness (QED) is 0.655. The van der Waals surface area contributed by atoms with Gasteiger partial charge in [0.2, 0.25) is 0 Å². The molecular formula is C21H23N3O4S. The molecule has 1 aliphatic heterocycles. The first-order valence-electron chi connectivity index (χ1n) is 9.41. The van der Waals surface area contributed by atoms with Crippen LogP contribution in [0.15, 0.2) is 59.8 Å². The lowest BCUT2D eigenvalue weighted by atomic mass is 9.93. The molecule has 1 fully saturated rings. The number of carbonyl (C=O) groups excluding carboxylic acids is 1. The lowest BCUT2D eigenvalue weighted by Gasteiger charge is -2.39. The molecule has 152 valence electrons. The Morgan fingerprint density at radius 3 is 2.48 bits per heavy atom. The van der Waals surface area contributed by atoms with E-state index in [9.17, 15) is 13.2 Å². The van der Waals surface area contributed by atoms with Crippen molar-refractivity contribution < 1.29 is 17.9 Å². The van der Waals surface area contributed by atoms with Crippen LogP contribution in [0.4, 0.5) is 4.79 Å². The number of benzene rings is 1. The molecule has 8 heteroatoms. The van der Waals surface area contributed by atoms with Crippen LogP contribution in [0.2, 0.25) is 0 Å². The van der Waals surface area contributed by atoms with Gasteiger partial charge in [-0.25, -0.2) is 22.2 Å². The SMILES string of the molecule is CC(C)(C)OC(=O)N1CC(c2cnc3c(ccn3S(=O)(=O)c3ccccc3)c2)C1. The van der Waals surface area contributed by atoms with Crippen molar-refractivity contribution in [1.82, 2.24) is 13.9 Å². The van der Waals surface area contributed by atoms with Gasteiger partial charge in [0.1, 0.15) is 5.60 Å². The number of amides is 1. The fraction of sp³-hybridized carbons (Fsp3) is 0.333. The van der Waals surface area contributed by atoms with Gasteiger partial charge in [0.15, 0.2) is 5.65 Å². The van der Waals surface area contributed by atoms with Gasteiger partial charge in [0, 0.05) is 36.8 Å². The number of ether oxygens (including phenoxy) is 1. The van der Waals surface area contributed by atoms with E-state index in [0.717, 1.165) is 10.9 Å². The van der Waals surface area contributed by atoms with Crippen LogP contribution < -0.4 is 0 Å². The number of carbonyl (C=O) groups is 1. The average molecular weight is 413 g/mol. The zero-order chi connectivity index (χ0) is 20.8. The molecular weight excluding hydrogens is 390 g/mol. The molecule has 3 heterocycles. The summed E-state index contributed by atoms with van der Waals surface area (Å²) in [4.78, 5) is 18.4. The highest BCUT2D eigenvalue weighted by Crippen LogP contribution is 2.30. The number of aromatic nitrogens is 2. The molecule has 0 radical (unpaired) electrons. The fourth-order valence-corrected chi connectivity index (χ4v) is 4.63. The predicted octanol–water partition coefficient (Wildman–Crippen LogP) is 3.61. The zero-order valence-electron chi connectivity index (χ0n) is 16.6. The summed E-state index contributed by atoms with van der Waals surface area (Å²) in [6.45, 7) is 6.65. The van der Waals surface area contributed by atoms with Crippen LogP contribution in [0.3, 0.4) is 0 Å². The monoisotopic (exact) mass is 413 g/mol. The van der Waals surface area contributed by atoms with Gasteiger partial charge >= 0.3 is 6.09 Å². The highest BCUT2D eigenvalue weighted by atomic mass is 32.2. The predicted molar refractivity (Wildman–Crippen MR) is 109 cm³/mol. The molecule has 0 atom stereocenters. The lowest BCUT2D eigenvalue weighted by Crippen LogP contribution is -2.50. The molecule has 0 bridgehead atoms. The first kappa shape index (κ1) is 19.4. The summed E-state index contributed by atoms with van der Waals surface area (Å²) in [5.41, 5.74) is 0.851. The van der Waals surface area contributed by atoms with Crippen LogP contribution in [0, 0.1) is 0 Å². The summed E-state index contributed by atoms with van der Waals surface area (Å²) in [5, 5.41) is 0.748. The molecule has 1 amide bonds. The van der Waals surface area contributed by atoms with Gasteiger partial charge in [-0.2, -0.15) is 0 Å². The van der Waals surface area contributed by atoms with E-state index in [2.05, 4.69) is 4.98 Å². The summed E-state index contributed by atoms with van der Waals surface area (Å²) < 4.78 is 32.4. The van der Waals surface area contributed by atoms with Crippen LogP contribution in [-0.4, -0.2) is 47.1 Å². The molecule has 7 nitrogen and oxygen atoms in total. The second kappa shape index (κ2) is 6.88. The Hall–Kier alpha value is -2.87. The third-order valence-electron chi connectivity index (χ3n) is 4.82. The van der Waals surface area contributed by atoms with Crippen molar-refractivity contribution in [3.63, 3.8) is 0 Å². The Kier molecular flexibility index (Phi) is 4.61. The highest BCUT2D eigenvalue weighted by molar-refractivity contribution is 7.90. The van der Waals surface area contributed by atoms with E-state index in [1.54, 1.807) is 47.5 Å². The van der Waals surface area contributed by atoms with E-state index >= 15 is 0 Å². The number of likely N-dealkylation sites (tertiary alicyclic amines) is 1. The Morgan fingerprint density at radius 2 is 1.83 bits per heavy atom. The van der Waals surface area contributed by atoms with E-state index in [0.29, 0.717) is 18.7 Å². The summed E-state index contributed by atoms with van der Waals surface area (Å²) in [6, 6.07) is 12.0. The number of nitrogens with zero attached hydrogens (tertiary/aromatic N) is 3. The van der Waals surface area contributed by atoms with Crippen molar-refractivity contribution in [2.24, 2.45) is 0 Å². The standard InChI is InChI=1S/C21H23N3O4S/c1-21(2,3)28-20(25)23-13-17(14-23)16-11-15-9-10-24(19(15)22-12-16)29(26,27)18-7-5-4-6-8-18/h4-12,17H,13-14H2,1-3H3. The van der Waals surface area contributed by atoms with Crippen molar-refractivity contribution in [3.05, 3.63) is 60.4 Å². The minimum Gasteiger partial charge on any atom is -0.444 e. The Morgan fingerprint density at radius 1 is 1.14 bits per heavy atom. The van der Waals surface area contributed by atoms with Crippen LogP contribution in [-0.2, 0) is 14.8 Å². The molecule has 0 N–H and O–H groups in total. The Labute approximate surface area is 170 Å². The van der Waals surface area contributed by atoms with Gasteiger partial charge in [0.25, 0.3) is 10.0 Å². The van der Waals surface area contributed by atoms with Crippen LogP contribution >= 0.6 is 0 Å². The van der Waals surface area contributed by atoms with Gasteiger partial charge < -0.3 is 9.64 Å². The maximum atomic E-state index is 12.9. The largest absolute Gasteiger partial charge is 0.444 e. The highest BCUT2D eigenvalue weighted by Gasteiger charge is 2.35. The molecule has 4 rings (SSSR count). The molecule has 1 aromatic carbocycles. The van der Waals surface area contributed by atoms with Crippen LogP contribution in [0.5, 0.6) is 0 Å². The molecule has 0 saturated carbocycles. The molecule has 1 aliphatic rings.